The van der Waals surface area contributed by atoms with Crippen LogP contribution in [0.5, 0.6) is 0 Å². The first kappa shape index (κ1) is 18.4. The Morgan fingerprint density at radius 3 is 2.96 bits per heavy atom. The van der Waals surface area contributed by atoms with Crippen LogP contribution in [0.2, 0.25) is 0 Å². The molecule has 3 aromatic rings. The molecule has 0 spiro atoms. The Bertz CT molecular complexity index is 1100. The molecule has 1 saturated heterocycles. The molecule has 1 aromatic carbocycles. The molecule has 7 nitrogen and oxygen atoms in total. The van der Waals surface area contributed by atoms with E-state index in [-0.39, 0.29) is 29.5 Å². The normalized spacial score (nSPS) is 17.0. The number of amides is 1. The molecule has 0 unspecified atom stereocenters. The van der Waals surface area contributed by atoms with Crippen LogP contribution in [0.1, 0.15) is 34.7 Å². The maximum Gasteiger partial charge on any atom is 0.335 e. The van der Waals surface area contributed by atoms with Crippen LogP contribution in [0.3, 0.4) is 0 Å². The van der Waals surface area contributed by atoms with Crippen LogP contribution in [0.15, 0.2) is 46.8 Å². The summed E-state index contributed by atoms with van der Waals surface area (Å²) in [6, 6.07) is 8.68. The number of aromatic carboxylic acids is 1. The highest BCUT2D eigenvalue weighted by Crippen LogP contribution is 2.27. The van der Waals surface area contributed by atoms with Gasteiger partial charge in [-0.1, -0.05) is 12.1 Å². The summed E-state index contributed by atoms with van der Waals surface area (Å²) in [7, 11) is 0. The second kappa shape index (κ2) is 7.55. The third-order valence-corrected chi connectivity index (χ3v) is 6.01. The van der Waals surface area contributed by atoms with Gasteiger partial charge in [-0.2, -0.15) is 0 Å². The van der Waals surface area contributed by atoms with E-state index >= 15 is 0 Å². The highest BCUT2D eigenvalue weighted by molar-refractivity contribution is 7.17. The Morgan fingerprint density at radius 1 is 1.29 bits per heavy atom. The molecule has 0 bridgehead atoms. The summed E-state index contributed by atoms with van der Waals surface area (Å²) >= 11 is 1.32. The number of benzene rings is 1. The van der Waals surface area contributed by atoms with Gasteiger partial charge in [-0.15, -0.1) is 11.3 Å². The summed E-state index contributed by atoms with van der Waals surface area (Å²) in [6.45, 7) is 1.12. The number of aromatic nitrogens is 2. The van der Waals surface area contributed by atoms with E-state index in [1.165, 1.54) is 22.2 Å². The Hall–Kier alpha value is -3.00. The van der Waals surface area contributed by atoms with Gasteiger partial charge in [0.1, 0.15) is 11.2 Å². The molecule has 8 heteroatoms. The van der Waals surface area contributed by atoms with Gasteiger partial charge in [-0.25, -0.2) is 9.78 Å². The Kier molecular flexibility index (Phi) is 4.95. The minimum absolute atomic E-state index is 0.0401. The fraction of sp³-hybridized carbons (Fsp3) is 0.300. The lowest BCUT2D eigenvalue weighted by Crippen LogP contribution is -2.42. The van der Waals surface area contributed by atoms with Gasteiger partial charge in [0.05, 0.1) is 17.4 Å². The lowest BCUT2D eigenvalue weighted by atomic mass is 9.89. The van der Waals surface area contributed by atoms with Crippen LogP contribution in [0, 0.1) is 0 Å². The van der Waals surface area contributed by atoms with E-state index in [2.05, 4.69) is 4.98 Å². The molecule has 1 atom stereocenters. The molecular formula is C20H19N3O4S. The molecule has 0 radical (unpaired) electrons. The lowest BCUT2D eigenvalue weighted by Gasteiger charge is -2.33. The second-order valence-electron chi connectivity index (χ2n) is 6.92. The first-order valence-electron chi connectivity index (χ1n) is 9.06. The SMILES string of the molecule is O=C(O)c1cccc([C@@H]2CCCN(C(=O)Cn3cnc4ccsc4c3=O)C2)c1. The van der Waals surface area contributed by atoms with Crippen LogP contribution >= 0.6 is 11.3 Å². The van der Waals surface area contributed by atoms with Crippen molar-refractivity contribution < 1.29 is 14.7 Å². The molecule has 2 aromatic heterocycles. The smallest absolute Gasteiger partial charge is 0.335 e. The molecule has 1 aliphatic rings. The number of fused-ring (bicyclic) bond motifs is 1. The standard InChI is InChI=1S/C20H19N3O4S/c24-17(11-23-12-21-16-6-8-28-18(16)19(23)25)22-7-2-5-15(10-22)13-3-1-4-14(9-13)20(26)27/h1,3-4,6,8-9,12,15H,2,5,7,10-11H2,(H,26,27)/t15-/m1/s1. The molecule has 4 rings (SSSR count). The van der Waals surface area contributed by atoms with Gasteiger partial charge in [-0.05, 0) is 42.0 Å². The van der Waals surface area contributed by atoms with Crippen molar-refractivity contribution in [3.63, 3.8) is 0 Å². The lowest BCUT2D eigenvalue weighted by molar-refractivity contribution is -0.133. The predicted octanol–water partition coefficient (Wildman–Crippen LogP) is 2.56. The van der Waals surface area contributed by atoms with Gasteiger partial charge < -0.3 is 10.0 Å². The summed E-state index contributed by atoms with van der Waals surface area (Å²) in [5, 5.41) is 11.0. The van der Waals surface area contributed by atoms with Gasteiger partial charge in [0.15, 0.2) is 0 Å². The first-order valence-corrected chi connectivity index (χ1v) is 9.94. The van der Waals surface area contributed by atoms with Crippen molar-refractivity contribution in [1.82, 2.24) is 14.5 Å². The van der Waals surface area contributed by atoms with E-state index in [1.807, 2.05) is 11.4 Å². The zero-order valence-electron chi connectivity index (χ0n) is 15.1. The van der Waals surface area contributed by atoms with Gasteiger partial charge in [0.2, 0.25) is 5.91 Å². The summed E-state index contributed by atoms with van der Waals surface area (Å²) in [5.74, 6) is -0.994. The number of carboxylic acids is 1. The number of piperidine rings is 1. The minimum atomic E-state index is -0.957. The van der Waals surface area contributed by atoms with E-state index < -0.39 is 5.97 Å². The van der Waals surface area contributed by atoms with Crippen molar-refractivity contribution in [2.24, 2.45) is 0 Å². The molecule has 1 amide bonds. The number of hydrogen-bond acceptors (Lipinski definition) is 5. The van der Waals surface area contributed by atoms with Crippen LogP contribution < -0.4 is 5.56 Å². The predicted molar refractivity (Wildman–Crippen MR) is 106 cm³/mol. The number of thiophene rings is 1. The van der Waals surface area contributed by atoms with E-state index in [4.69, 9.17) is 0 Å². The van der Waals surface area contributed by atoms with Crippen molar-refractivity contribution in [3.8, 4) is 0 Å². The minimum Gasteiger partial charge on any atom is -0.478 e. The number of nitrogens with zero attached hydrogens (tertiary/aromatic N) is 3. The molecule has 1 N–H and O–H groups in total. The van der Waals surface area contributed by atoms with Crippen molar-refractivity contribution in [1.29, 1.82) is 0 Å². The number of carboxylic acid groups (broad SMARTS) is 1. The van der Waals surface area contributed by atoms with Crippen LogP contribution in [-0.4, -0.2) is 44.5 Å². The van der Waals surface area contributed by atoms with Gasteiger partial charge in [0.25, 0.3) is 5.56 Å². The van der Waals surface area contributed by atoms with E-state index in [0.717, 1.165) is 18.4 Å². The Morgan fingerprint density at radius 2 is 2.14 bits per heavy atom. The topological polar surface area (TPSA) is 92.5 Å². The average molecular weight is 397 g/mol. The zero-order chi connectivity index (χ0) is 19.7. The van der Waals surface area contributed by atoms with Crippen LogP contribution in [-0.2, 0) is 11.3 Å². The fourth-order valence-electron chi connectivity index (χ4n) is 3.64. The number of hydrogen-bond donors (Lipinski definition) is 1. The first-order chi connectivity index (χ1) is 13.5. The third kappa shape index (κ3) is 3.55. The van der Waals surface area contributed by atoms with Crippen LogP contribution in [0.4, 0.5) is 0 Å². The number of likely N-dealkylation sites (tertiary alicyclic amines) is 1. The summed E-state index contributed by atoms with van der Waals surface area (Å²) in [6.07, 6.45) is 3.16. The van der Waals surface area contributed by atoms with Gasteiger partial charge in [-0.3, -0.25) is 14.2 Å². The van der Waals surface area contributed by atoms with Crippen molar-refractivity contribution in [2.45, 2.75) is 25.3 Å². The maximum absolute atomic E-state index is 12.8. The highest BCUT2D eigenvalue weighted by Gasteiger charge is 2.25. The largest absolute Gasteiger partial charge is 0.478 e. The monoisotopic (exact) mass is 397 g/mol. The van der Waals surface area contributed by atoms with Crippen LogP contribution in [0.25, 0.3) is 10.2 Å². The molecule has 0 aliphatic carbocycles. The highest BCUT2D eigenvalue weighted by atomic mass is 32.1. The van der Waals surface area contributed by atoms with Crippen molar-refractivity contribution in [2.75, 3.05) is 13.1 Å². The van der Waals surface area contributed by atoms with Crippen molar-refractivity contribution in [3.05, 3.63) is 63.5 Å². The molecule has 1 fully saturated rings. The Labute approximate surface area is 164 Å². The molecule has 3 heterocycles. The van der Waals surface area contributed by atoms with Gasteiger partial charge in [0, 0.05) is 19.0 Å². The number of rotatable bonds is 4. The fourth-order valence-corrected chi connectivity index (χ4v) is 4.43. The molecule has 1 aliphatic heterocycles. The summed E-state index contributed by atoms with van der Waals surface area (Å²) < 4.78 is 1.91. The molecule has 28 heavy (non-hydrogen) atoms. The quantitative estimate of drug-likeness (QED) is 0.730. The third-order valence-electron chi connectivity index (χ3n) is 5.12. The number of carbonyl (C=O) groups is 2. The average Bonchev–Trinajstić information content (AvgIpc) is 3.20. The summed E-state index contributed by atoms with van der Waals surface area (Å²) in [5.41, 5.74) is 1.63. The second-order valence-corrected chi connectivity index (χ2v) is 7.84. The zero-order valence-corrected chi connectivity index (χ0v) is 15.9. The molecule has 144 valence electrons. The molecule has 0 saturated carbocycles. The van der Waals surface area contributed by atoms with Crippen molar-refractivity contribution >= 4 is 33.4 Å². The summed E-state index contributed by atoms with van der Waals surface area (Å²) in [4.78, 5) is 42.5. The number of carbonyl (C=O) groups excluding carboxylic acids is 1. The van der Waals surface area contributed by atoms with Gasteiger partial charge >= 0.3 is 5.97 Å². The molecular weight excluding hydrogens is 378 g/mol. The van der Waals surface area contributed by atoms with E-state index in [0.29, 0.717) is 23.3 Å². The van der Waals surface area contributed by atoms with E-state index in [9.17, 15) is 19.5 Å². The Balaban J connectivity index is 1.50. The maximum atomic E-state index is 12.8. The van der Waals surface area contributed by atoms with E-state index in [1.54, 1.807) is 29.2 Å².